The summed E-state index contributed by atoms with van der Waals surface area (Å²) < 4.78 is 7.00. The molecule has 1 aromatic heterocycles. The number of fused-ring (bicyclic) bond motifs is 1. The lowest BCUT2D eigenvalue weighted by Gasteiger charge is -2.09. The quantitative estimate of drug-likeness (QED) is 0.632. The predicted molar refractivity (Wildman–Crippen MR) is 46.6 cm³/mol. The Kier molecular flexibility index (Phi) is 2.14. The van der Waals surface area contributed by atoms with Crippen molar-refractivity contribution in [3.63, 3.8) is 0 Å². The van der Waals surface area contributed by atoms with Crippen molar-refractivity contribution in [2.45, 2.75) is 26.5 Å². The highest BCUT2D eigenvalue weighted by atomic mass is 16.5. The molecule has 0 aliphatic carbocycles. The Balaban J connectivity index is 2.50. The monoisotopic (exact) mass is 180 g/mol. The maximum Gasteiger partial charge on any atom is 0.168 e. The Hall–Kier alpha value is -1.16. The molecule has 4 nitrogen and oxygen atoms in total. The molecule has 0 atom stereocenters. The van der Waals surface area contributed by atoms with Gasteiger partial charge in [0.05, 0.1) is 18.9 Å². The van der Waals surface area contributed by atoms with Crippen molar-refractivity contribution in [1.82, 2.24) is 9.78 Å². The summed E-state index contributed by atoms with van der Waals surface area (Å²) >= 11 is 0. The molecule has 1 aliphatic heterocycles. The van der Waals surface area contributed by atoms with Gasteiger partial charge in [-0.25, -0.2) is 0 Å². The maximum absolute atomic E-state index is 10.8. The summed E-state index contributed by atoms with van der Waals surface area (Å²) in [5, 5.41) is 4.30. The minimum Gasteiger partial charge on any atom is -0.375 e. The molecule has 1 aromatic rings. The van der Waals surface area contributed by atoms with Crippen molar-refractivity contribution in [2.75, 3.05) is 6.61 Å². The van der Waals surface area contributed by atoms with Gasteiger partial charge in [0.2, 0.25) is 0 Å². The fraction of sp³-hybridized carbons (Fsp3) is 0.556. The Morgan fingerprint density at radius 1 is 1.69 bits per heavy atom. The van der Waals surface area contributed by atoms with E-state index in [0.717, 1.165) is 36.2 Å². The van der Waals surface area contributed by atoms with E-state index in [1.165, 1.54) is 0 Å². The van der Waals surface area contributed by atoms with Crippen molar-refractivity contribution in [3.05, 3.63) is 17.0 Å². The Bertz CT molecular complexity index is 331. The number of ether oxygens (including phenoxy) is 1. The van der Waals surface area contributed by atoms with Crippen LogP contribution in [0.25, 0.3) is 0 Å². The molecule has 0 bridgehead atoms. The molecular weight excluding hydrogens is 168 g/mol. The number of aryl methyl sites for hydroxylation is 1. The van der Waals surface area contributed by atoms with E-state index in [9.17, 15) is 4.79 Å². The van der Waals surface area contributed by atoms with Gasteiger partial charge in [0.1, 0.15) is 5.69 Å². The van der Waals surface area contributed by atoms with Gasteiger partial charge in [-0.3, -0.25) is 9.48 Å². The number of hydrogen-bond donors (Lipinski definition) is 0. The molecule has 0 amide bonds. The van der Waals surface area contributed by atoms with Gasteiger partial charge in [0, 0.05) is 12.1 Å². The van der Waals surface area contributed by atoms with E-state index < -0.39 is 0 Å². The third kappa shape index (κ3) is 1.27. The number of hydrogen-bond acceptors (Lipinski definition) is 3. The van der Waals surface area contributed by atoms with Crippen molar-refractivity contribution in [2.24, 2.45) is 0 Å². The predicted octanol–water partition coefficient (Wildman–Crippen LogP) is 0.788. The topological polar surface area (TPSA) is 44.1 Å². The third-order valence-electron chi connectivity index (χ3n) is 2.32. The van der Waals surface area contributed by atoms with Crippen LogP contribution in [-0.2, 0) is 24.3 Å². The Morgan fingerprint density at radius 2 is 2.54 bits per heavy atom. The van der Waals surface area contributed by atoms with Crippen LogP contribution in [0.1, 0.15) is 28.7 Å². The van der Waals surface area contributed by atoms with E-state index in [-0.39, 0.29) is 0 Å². The fourth-order valence-electron chi connectivity index (χ4n) is 1.67. The van der Waals surface area contributed by atoms with Crippen LogP contribution in [-0.4, -0.2) is 22.7 Å². The standard InChI is InChI=1S/C9H12N2O2/c1-2-11-9(5-12)7-3-4-13-6-8(7)10-11/h5H,2-4,6H2,1H3. The van der Waals surface area contributed by atoms with Crippen LogP contribution in [0.2, 0.25) is 0 Å². The highest BCUT2D eigenvalue weighted by molar-refractivity contribution is 5.75. The average molecular weight is 180 g/mol. The van der Waals surface area contributed by atoms with Crippen molar-refractivity contribution in [1.29, 1.82) is 0 Å². The van der Waals surface area contributed by atoms with Crippen LogP contribution >= 0.6 is 0 Å². The fourth-order valence-corrected chi connectivity index (χ4v) is 1.67. The van der Waals surface area contributed by atoms with E-state index in [4.69, 9.17) is 4.74 Å². The lowest BCUT2D eigenvalue weighted by atomic mass is 10.1. The highest BCUT2D eigenvalue weighted by Crippen LogP contribution is 2.18. The SMILES string of the molecule is CCn1nc2c(c1C=O)CCOC2. The van der Waals surface area contributed by atoms with Crippen molar-refractivity contribution >= 4 is 6.29 Å². The summed E-state index contributed by atoms with van der Waals surface area (Å²) in [6.07, 6.45) is 1.70. The van der Waals surface area contributed by atoms with Crippen molar-refractivity contribution in [3.8, 4) is 0 Å². The molecule has 0 fully saturated rings. The number of rotatable bonds is 2. The van der Waals surface area contributed by atoms with Crippen LogP contribution in [0.5, 0.6) is 0 Å². The van der Waals surface area contributed by atoms with Gasteiger partial charge in [-0.2, -0.15) is 5.10 Å². The molecule has 0 aromatic carbocycles. The molecular formula is C9H12N2O2. The van der Waals surface area contributed by atoms with Gasteiger partial charge >= 0.3 is 0 Å². The van der Waals surface area contributed by atoms with Crippen molar-refractivity contribution < 1.29 is 9.53 Å². The van der Waals surface area contributed by atoms with Gasteiger partial charge in [-0.05, 0) is 13.3 Å². The summed E-state index contributed by atoms with van der Waals surface area (Å²) in [6, 6.07) is 0. The van der Waals surface area contributed by atoms with Crippen LogP contribution in [0.15, 0.2) is 0 Å². The number of nitrogens with zero attached hydrogens (tertiary/aromatic N) is 2. The van der Waals surface area contributed by atoms with Gasteiger partial charge in [0.15, 0.2) is 6.29 Å². The van der Waals surface area contributed by atoms with Crippen LogP contribution in [0.3, 0.4) is 0 Å². The second-order valence-corrected chi connectivity index (χ2v) is 3.05. The van der Waals surface area contributed by atoms with Gasteiger partial charge in [-0.15, -0.1) is 0 Å². The average Bonchev–Trinajstić information content (AvgIpc) is 2.55. The summed E-state index contributed by atoms with van der Waals surface area (Å²) in [6.45, 7) is 3.96. The lowest BCUT2D eigenvalue weighted by molar-refractivity contribution is 0.106. The number of aldehydes is 1. The zero-order chi connectivity index (χ0) is 9.26. The number of carbonyl (C=O) groups is 1. The van der Waals surface area contributed by atoms with E-state index >= 15 is 0 Å². The summed E-state index contributed by atoms with van der Waals surface area (Å²) in [5.41, 5.74) is 2.72. The van der Waals surface area contributed by atoms with Gasteiger partial charge in [-0.1, -0.05) is 0 Å². The van der Waals surface area contributed by atoms with E-state index in [0.29, 0.717) is 13.2 Å². The summed E-state index contributed by atoms with van der Waals surface area (Å²) in [7, 11) is 0. The molecule has 2 heterocycles. The third-order valence-corrected chi connectivity index (χ3v) is 2.32. The first-order valence-electron chi connectivity index (χ1n) is 4.48. The lowest BCUT2D eigenvalue weighted by Crippen LogP contribution is -2.09. The molecule has 0 unspecified atom stereocenters. The van der Waals surface area contributed by atoms with E-state index in [1.807, 2.05) is 6.92 Å². The van der Waals surface area contributed by atoms with Crippen LogP contribution in [0, 0.1) is 0 Å². The summed E-state index contributed by atoms with van der Waals surface area (Å²) in [4.78, 5) is 10.8. The molecule has 13 heavy (non-hydrogen) atoms. The second-order valence-electron chi connectivity index (χ2n) is 3.05. The molecule has 1 aliphatic rings. The first kappa shape index (κ1) is 8.44. The molecule has 0 saturated carbocycles. The first-order valence-corrected chi connectivity index (χ1v) is 4.48. The van der Waals surface area contributed by atoms with Crippen LogP contribution < -0.4 is 0 Å². The van der Waals surface area contributed by atoms with Gasteiger partial charge in [0.25, 0.3) is 0 Å². The molecule has 0 saturated heterocycles. The molecule has 70 valence electrons. The molecule has 0 radical (unpaired) electrons. The largest absolute Gasteiger partial charge is 0.375 e. The molecule has 0 spiro atoms. The minimum absolute atomic E-state index is 0.545. The Morgan fingerprint density at radius 3 is 3.23 bits per heavy atom. The van der Waals surface area contributed by atoms with E-state index in [2.05, 4.69) is 5.10 Å². The number of aromatic nitrogens is 2. The summed E-state index contributed by atoms with van der Waals surface area (Å²) in [5.74, 6) is 0. The maximum atomic E-state index is 10.8. The second kappa shape index (κ2) is 3.30. The van der Waals surface area contributed by atoms with Crippen LogP contribution in [0.4, 0.5) is 0 Å². The van der Waals surface area contributed by atoms with Gasteiger partial charge < -0.3 is 4.74 Å². The first-order chi connectivity index (χ1) is 6.36. The normalized spacial score (nSPS) is 15.5. The Labute approximate surface area is 76.5 Å². The smallest absolute Gasteiger partial charge is 0.168 e. The number of carbonyl (C=O) groups excluding carboxylic acids is 1. The molecule has 4 heteroatoms. The highest BCUT2D eigenvalue weighted by Gasteiger charge is 2.19. The minimum atomic E-state index is 0.545. The molecule has 2 rings (SSSR count). The van der Waals surface area contributed by atoms with E-state index in [1.54, 1.807) is 4.68 Å². The molecule has 0 N–H and O–H groups in total. The zero-order valence-electron chi connectivity index (χ0n) is 7.62. The zero-order valence-corrected chi connectivity index (χ0v) is 7.62.